The highest BCUT2D eigenvalue weighted by atomic mass is 32.1. The summed E-state index contributed by atoms with van der Waals surface area (Å²) in [5.74, 6) is 4.35. The van der Waals surface area contributed by atoms with Gasteiger partial charge < -0.3 is 37.1 Å². The molecule has 0 aliphatic heterocycles. The van der Waals surface area contributed by atoms with Gasteiger partial charge in [-0.05, 0) is 295 Å². The number of rotatable bonds is 0. The SMILES string of the molecule is CC(C)(C)c1ccc2[nH]c(=O)[nH]c2c1.CC(C)(C)c1ccc2occc2c1.CC(C)(C)c1ccc2sccc2c1.Cc1c(C(C)(C)C)sc2ccccc12.Cc1cc2nc(C)c(C(C)(C)C)n2cc1C.Cc1nc2cc(C(C)(C)C)ccc2n1C.Cc1nc2ccc(C(C)(C)C)cc2n1C.Cc1nc2ccccc2n1C(C)(C)C.Cn1c(C(C)(C)C)nc2ccccc21.Cn1ncc2cc(C(C)(C)C)ccc21. The fourth-order valence-electron chi connectivity index (χ4n) is 17.6. The Balaban J connectivity index is 0.000000151. The number of hydrogen-bond acceptors (Lipinski definition) is 10. The van der Waals surface area contributed by atoms with Crippen molar-refractivity contribution in [1.82, 2.24) is 67.3 Å². The summed E-state index contributed by atoms with van der Waals surface area (Å²) >= 11 is 3.74. The van der Waals surface area contributed by atoms with Crippen molar-refractivity contribution < 1.29 is 4.42 Å². The van der Waals surface area contributed by atoms with Crippen LogP contribution in [0.4, 0.5) is 0 Å². The third-order valence-corrected chi connectivity index (χ3v) is 28.7. The van der Waals surface area contributed by atoms with E-state index in [1.807, 2.05) is 85.6 Å². The summed E-state index contributed by atoms with van der Waals surface area (Å²) in [5.41, 5.74) is 30.4. The smallest absolute Gasteiger partial charge is 0.323 e. The number of benzene rings is 9. The highest BCUT2D eigenvalue weighted by Crippen LogP contribution is 2.40. The van der Waals surface area contributed by atoms with Gasteiger partial charge in [-0.2, -0.15) is 5.10 Å². The molecule has 9 aromatic carbocycles. The molecular weight excluding hydrogens is 1780 g/mol. The van der Waals surface area contributed by atoms with Gasteiger partial charge in [0.2, 0.25) is 0 Å². The number of aromatic nitrogens is 14. The number of thiophene rings is 2. The van der Waals surface area contributed by atoms with Gasteiger partial charge in [0.05, 0.1) is 84.5 Å². The van der Waals surface area contributed by atoms with Gasteiger partial charge in [-0.1, -0.05) is 266 Å². The van der Waals surface area contributed by atoms with Crippen molar-refractivity contribution in [2.75, 3.05) is 0 Å². The Morgan fingerprint density at radius 3 is 1.39 bits per heavy atom. The number of furan rings is 1. The molecule has 0 spiro atoms. The van der Waals surface area contributed by atoms with Crippen LogP contribution >= 0.6 is 22.7 Å². The van der Waals surface area contributed by atoms with Gasteiger partial charge in [0.15, 0.2) is 0 Å². The molecule has 0 unspecified atom stereocenters. The zero-order valence-corrected chi connectivity index (χ0v) is 95.0. The van der Waals surface area contributed by atoms with Crippen molar-refractivity contribution >= 4 is 126 Å². The molecule has 20 aromatic rings. The predicted molar refractivity (Wildman–Crippen MR) is 613 cm³/mol. The lowest BCUT2D eigenvalue weighted by Gasteiger charge is -2.23. The lowest BCUT2D eigenvalue weighted by molar-refractivity contribution is 0.399. The molecule has 0 fully saturated rings. The average molecular weight is 1940 g/mol. The number of hydrogen-bond donors (Lipinski definition) is 2. The van der Waals surface area contributed by atoms with E-state index >= 15 is 0 Å². The fraction of sp³-hybridized carbons (Fsp3) is 0.411. The number of pyridine rings is 1. The number of nitrogens with one attached hydrogen (secondary N) is 2. The van der Waals surface area contributed by atoms with Crippen LogP contribution in [-0.2, 0) is 82.5 Å². The van der Waals surface area contributed by atoms with Crippen molar-refractivity contribution in [3.05, 3.63) is 324 Å². The second-order valence-electron chi connectivity index (χ2n) is 48.4. The third kappa shape index (κ3) is 27.0. The van der Waals surface area contributed by atoms with Crippen LogP contribution in [0.15, 0.2) is 233 Å². The van der Waals surface area contributed by atoms with E-state index in [2.05, 4.69) is 495 Å². The lowest BCUT2D eigenvalue weighted by Crippen LogP contribution is -2.22. The molecule has 0 bridgehead atoms. The molecule has 2 N–H and O–H groups in total. The monoisotopic (exact) mass is 1940 g/mol. The van der Waals surface area contributed by atoms with Crippen LogP contribution in [-0.4, -0.2) is 67.3 Å². The molecule has 11 aromatic heterocycles. The van der Waals surface area contributed by atoms with Gasteiger partial charge in [0.1, 0.15) is 34.5 Å². The van der Waals surface area contributed by atoms with Gasteiger partial charge >= 0.3 is 5.69 Å². The summed E-state index contributed by atoms with van der Waals surface area (Å²) in [6.07, 6.45) is 5.85. The Labute approximate surface area is 854 Å². The first kappa shape index (κ1) is 110. The maximum absolute atomic E-state index is 11.0. The standard InChI is InChI=1S/C14H20N2.2C13H18N2.C13H16S.3C12H16N2.C12H14O.C12H14S.C11H14N2O/c1-9-7-12-15-11(3)13(14(4,5)6)16(12)8-10(9)2;1-9-14-11-8-10(13(2,3)4)6-7-12(11)15(9)5;1-9-14-11-7-6-10(13(2,3)4)8-12(11)15(9)5;1-9-10-7-5-6-8-11(10)14-12(9)13(2,3)4;1-12(2,3)10-5-6-11-9(7-10)8-13-14(11)4;1-12(2,3)11-13-9-7-5-6-8-10(9)14(11)4;1-9-13-10-7-5-6-8-11(10)14(9)12(2,3)4;2*1-12(2,3)10-4-5-11-9(8-10)6-7-13-11;1-11(2,3)7-4-5-8-9(6-7)13-10(14)12-8/h7-8H,1-6H3;2*6-8H,1-5H3;4*5-8H,1-4H3;2*4-8H,1-3H3;4-6H,1-3H3,(H2,12,13,14). The van der Waals surface area contributed by atoms with Crippen LogP contribution in [0, 0.1) is 48.5 Å². The molecule has 142 heavy (non-hydrogen) atoms. The minimum Gasteiger partial charge on any atom is -0.464 e. The normalized spacial score (nSPS) is 12.3. The molecule has 0 atom stereocenters. The third-order valence-electron chi connectivity index (χ3n) is 26.1. The van der Waals surface area contributed by atoms with Crippen LogP contribution in [0.2, 0.25) is 0 Å². The van der Waals surface area contributed by atoms with Gasteiger partial charge in [0, 0.05) is 75.8 Å². The summed E-state index contributed by atoms with van der Waals surface area (Å²) in [5, 5.41) is 11.6. The molecule has 0 aliphatic carbocycles. The van der Waals surface area contributed by atoms with Crippen LogP contribution in [0.3, 0.4) is 0 Å². The fourth-order valence-corrected chi connectivity index (χ4v) is 19.6. The Morgan fingerprint density at radius 2 is 0.824 bits per heavy atom. The van der Waals surface area contributed by atoms with Crippen molar-refractivity contribution in [2.45, 2.75) is 310 Å². The molecule has 20 rings (SSSR count). The minimum atomic E-state index is -0.147. The van der Waals surface area contributed by atoms with Crippen molar-refractivity contribution in [3.8, 4) is 0 Å². The molecule has 0 amide bonds. The first-order valence-electron chi connectivity index (χ1n) is 50.0. The molecular formula is C124H162N14O2S2. The quantitative estimate of drug-likeness (QED) is 0.151. The molecule has 16 nitrogen and oxygen atoms in total. The van der Waals surface area contributed by atoms with Crippen LogP contribution < -0.4 is 5.69 Å². The van der Waals surface area contributed by atoms with Gasteiger partial charge in [0.25, 0.3) is 0 Å². The number of aromatic amines is 2. The lowest BCUT2D eigenvalue weighted by atomic mass is 9.86. The second kappa shape index (κ2) is 42.7. The Hall–Kier alpha value is -12.3. The molecule has 752 valence electrons. The van der Waals surface area contributed by atoms with Gasteiger partial charge in [-0.25, -0.2) is 29.7 Å². The van der Waals surface area contributed by atoms with E-state index in [0.717, 1.165) is 73.3 Å². The largest absolute Gasteiger partial charge is 0.464 e. The maximum Gasteiger partial charge on any atom is 0.323 e. The summed E-state index contributed by atoms with van der Waals surface area (Å²) in [6.45, 7) is 81.4. The number of para-hydroxylation sites is 4. The van der Waals surface area contributed by atoms with E-state index in [9.17, 15) is 4.79 Å². The first-order chi connectivity index (χ1) is 65.7. The summed E-state index contributed by atoms with van der Waals surface area (Å²) < 4.78 is 20.9. The molecule has 0 radical (unpaired) electrons. The van der Waals surface area contributed by atoms with E-state index in [-0.39, 0.29) is 60.0 Å². The van der Waals surface area contributed by atoms with E-state index in [0.29, 0.717) is 0 Å². The summed E-state index contributed by atoms with van der Waals surface area (Å²) in [7, 11) is 8.17. The van der Waals surface area contributed by atoms with E-state index < -0.39 is 0 Å². The number of H-pyrrole nitrogens is 2. The van der Waals surface area contributed by atoms with Crippen molar-refractivity contribution in [1.29, 1.82) is 0 Å². The molecule has 0 aliphatic rings. The topological polar surface area (TPSA) is 168 Å². The number of nitrogens with zero attached hydrogens (tertiary/aromatic N) is 12. The van der Waals surface area contributed by atoms with Crippen LogP contribution in [0.1, 0.15) is 297 Å². The van der Waals surface area contributed by atoms with E-state index in [1.165, 1.54) is 119 Å². The molecule has 11 heterocycles. The van der Waals surface area contributed by atoms with Crippen LogP contribution in [0.5, 0.6) is 0 Å². The minimum absolute atomic E-state index is 0.0974. The molecule has 0 saturated heterocycles. The Kier molecular flexibility index (Phi) is 33.1. The van der Waals surface area contributed by atoms with E-state index in [1.54, 1.807) is 17.6 Å². The average Bonchev–Trinajstić information content (AvgIpc) is 2.34. The highest BCUT2D eigenvalue weighted by Gasteiger charge is 2.27. The highest BCUT2D eigenvalue weighted by molar-refractivity contribution is 7.19. The van der Waals surface area contributed by atoms with Crippen LogP contribution in [0.25, 0.3) is 103 Å². The first-order valence-corrected chi connectivity index (χ1v) is 51.7. The zero-order valence-electron chi connectivity index (χ0n) is 93.4. The maximum atomic E-state index is 11.0. The van der Waals surface area contributed by atoms with Crippen molar-refractivity contribution in [3.63, 3.8) is 0 Å². The van der Waals surface area contributed by atoms with Gasteiger partial charge in [-0.15, -0.1) is 22.7 Å². The summed E-state index contributed by atoms with van der Waals surface area (Å²) in [4.78, 5) is 40.9. The number of aryl methyl sites for hydroxylation is 11. The zero-order chi connectivity index (χ0) is 105. The summed E-state index contributed by atoms with van der Waals surface area (Å²) in [6, 6.07) is 70.3. The predicted octanol–water partition coefficient (Wildman–Crippen LogP) is 33.3. The van der Waals surface area contributed by atoms with Gasteiger partial charge in [-0.3, -0.25) is 4.68 Å². The van der Waals surface area contributed by atoms with E-state index in [4.69, 9.17) is 4.42 Å². The number of imidazole rings is 6. The van der Waals surface area contributed by atoms with Crippen molar-refractivity contribution in [2.24, 2.45) is 28.2 Å². The Morgan fingerprint density at radius 1 is 0.352 bits per heavy atom. The molecule has 0 saturated carbocycles. The molecule has 18 heteroatoms. The second-order valence-corrected chi connectivity index (χ2v) is 50.4. The Bertz CT molecular complexity index is 7620. The number of fused-ring (bicyclic) bond motifs is 10.